The molecule has 0 radical (unpaired) electrons. The van der Waals surface area contributed by atoms with Gasteiger partial charge in [0.1, 0.15) is 5.75 Å². The monoisotopic (exact) mass is 177 g/mol. The summed E-state index contributed by atoms with van der Waals surface area (Å²) in [4.78, 5) is 3.15. The summed E-state index contributed by atoms with van der Waals surface area (Å²) in [6, 6.07) is 7.31. The van der Waals surface area contributed by atoms with Crippen molar-refractivity contribution >= 4 is 10.9 Å². The maximum absolute atomic E-state index is 9.49. The molecule has 0 atom stereocenters. The van der Waals surface area contributed by atoms with Crippen LogP contribution >= 0.6 is 0 Å². The van der Waals surface area contributed by atoms with E-state index < -0.39 is 0 Å². The maximum atomic E-state index is 9.49. The van der Waals surface area contributed by atoms with Crippen LogP contribution in [0.25, 0.3) is 10.9 Å². The van der Waals surface area contributed by atoms with Crippen LogP contribution in [-0.4, -0.2) is 17.2 Å². The molecule has 1 aromatic heterocycles. The van der Waals surface area contributed by atoms with Gasteiger partial charge in [-0.25, -0.2) is 0 Å². The third kappa shape index (κ3) is 1.38. The number of fused-ring (bicyclic) bond motifs is 1. The van der Waals surface area contributed by atoms with E-state index in [2.05, 4.69) is 4.98 Å². The van der Waals surface area contributed by atoms with Crippen LogP contribution in [0.1, 0.15) is 5.69 Å². The summed E-state index contributed by atoms with van der Waals surface area (Å²) in [6.45, 7) is 0.536. The molecule has 2 aromatic rings. The molecule has 3 heteroatoms. The number of phenolic OH excluding ortho intramolecular Hbond substituents is 1. The standard InChI is InChI=1S/C10H11NO2/c1-13-6-7-5-8-9(11-7)3-2-4-10(8)12/h2-5,11-12H,6H2,1H3. The average molecular weight is 177 g/mol. The lowest BCUT2D eigenvalue weighted by molar-refractivity contribution is 0.182. The van der Waals surface area contributed by atoms with Crippen LogP contribution in [0.4, 0.5) is 0 Å². The Bertz CT molecular complexity index is 420. The highest BCUT2D eigenvalue weighted by Gasteiger charge is 2.03. The first-order valence-electron chi connectivity index (χ1n) is 4.10. The van der Waals surface area contributed by atoms with Gasteiger partial charge in [-0.3, -0.25) is 0 Å². The first-order valence-corrected chi connectivity index (χ1v) is 4.10. The quantitative estimate of drug-likeness (QED) is 0.737. The van der Waals surface area contributed by atoms with Crippen molar-refractivity contribution in [2.75, 3.05) is 7.11 Å². The minimum absolute atomic E-state index is 0.302. The summed E-state index contributed by atoms with van der Waals surface area (Å²) >= 11 is 0. The molecule has 0 spiro atoms. The predicted octanol–water partition coefficient (Wildman–Crippen LogP) is 2.02. The van der Waals surface area contributed by atoms with Crippen molar-refractivity contribution in [2.24, 2.45) is 0 Å². The van der Waals surface area contributed by atoms with E-state index in [0.717, 1.165) is 16.6 Å². The van der Waals surface area contributed by atoms with Crippen LogP contribution in [0, 0.1) is 0 Å². The number of nitrogens with one attached hydrogen (secondary N) is 1. The van der Waals surface area contributed by atoms with E-state index in [0.29, 0.717) is 12.4 Å². The molecule has 3 nitrogen and oxygen atoms in total. The molecule has 0 aliphatic heterocycles. The van der Waals surface area contributed by atoms with E-state index in [1.165, 1.54) is 0 Å². The Morgan fingerprint density at radius 3 is 3.00 bits per heavy atom. The first kappa shape index (κ1) is 8.13. The number of hydrogen-bond donors (Lipinski definition) is 2. The summed E-state index contributed by atoms with van der Waals surface area (Å²) in [6.07, 6.45) is 0. The smallest absolute Gasteiger partial charge is 0.124 e. The van der Waals surface area contributed by atoms with Crippen molar-refractivity contribution in [3.63, 3.8) is 0 Å². The Hall–Kier alpha value is -1.48. The Labute approximate surface area is 76.0 Å². The molecule has 1 aromatic carbocycles. The number of aromatic amines is 1. The summed E-state index contributed by atoms with van der Waals surface area (Å²) in [7, 11) is 1.64. The van der Waals surface area contributed by atoms with Gasteiger partial charge in [0, 0.05) is 23.7 Å². The second kappa shape index (κ2) is 3.11. The van der Waals surface area contributed by atoms with Gasteiger partial charge in [-0.2, -0.15) is 0 Å². The number of methoxy groups -OCH3 is 1. The van der Waals surface area contributed by atoms with Crippen molar-refractivity contribution in [2.45, 2.75) is 6.61 Å². The predicted molar refractivity (Wildman–Crippen MR) is 50.7 cm³/mol. The lowest BCUT2D eigenvalue weighted by atomic mass is 10.2. The summed E-state index contributed by atoms with van der Waals surface area (Å²) in [5, 5.41) is 10.3. The maximum Gasteiger partial charge on any atom is 0.124 e. The molecule has 0 aliphatic carbocycles. The third-order valence-corrected chi connectivity index (χ3v) is 2.00. The minimum atomic E-state index is 0.302. The van der Waals surface area contributed by atoms with Gasteiger partial charge in [0.2, 0.25) is 0 Å². The summed E-state index contributed by atoms with van der Waals surface area (Å²) in [5.74, 6) is 0.302. The molecule has 0 unspecified atom stereocenters. The van der Waals surface area contributed by atoms with E-state index in [4.69, 9.17) is 4.74 Å². The fourth-order valence-electron chi connectivity index (χ4n) is 1.43. The lowest BCUT2D eigenvalue weighted by Gasteiger charge is -1.91. The summed E-state index contributed by atoms with van der Waals surface area (Å²) in [5.41, 5.74) is 1.91. The zero-order valence-corrected chi connectivity index (χ0v) is 7.37. The largest absolute Gasteiger partial charge is 0.507 e. The molecule has 0 fully saturated rings. The summed E-state index contributed by atoms with van der Waals surface area (Å²) < 4.78 is 4.98. The van der Waals surface area contributed by atoms with Gasteiger partial charge < -0.3 is 14.8 Å². The normalized spacial score (nSPS) is 10.8. The average Bonchev–Trinajstić information content (AvgIpc) is 2.49. The number of ether oxygens (including phenoxy) is 1. The molecule has 0 saturated heterocycles. The zero-order valence-electron chi connectivity index (χ0n) is 7.37. The molecule has 0 bridgehead atoms. The molecule has 0 saturated carbocycles. The second-order valence-electron chi connectivity index (χ2n) is 2.97. The van der Waals surface area contributed by atoms with E-state index in [1.807, 2.05) is 18.2 Å². The number of rotatable bonds is 2. The van der Waals surface area contributed by atoms with Gasteiger partial charge >= 0.3 is 0 Å². The molecule has 2 N–H and O–H groups in total. The van der Waals surface area contributed by atoms with Gasteiger partial charge in [-0.05, 0) is 18.2 Å². The SMILES string of the molecule is COCc1cc2c(O)cccc2[nH]1. The van der Waals surface area contributed by atoms with Crippen LogP contribution < -0.4 is 0 Å². The molecule has 2 rings (SSSR count). The molecule has 0 amide bonds. The molecule has 68 valence electrons. The molecule has 13 heavy (non-hydrogen) atoms. The number of hydrogen-bond acceptors (Lipinski definition) is 2. The number of phenols is 1. The third-order valence-electron chi connectivity index (χ3n) is 2.00. The molecule has 0 aliphatic rings. The second-order valence-corrected chi connectivity index (χ2v) is 2.97. The van der Waals surface area contributed by atoms with E-state index >= 15 is 0 Å². The fourth-order valence-corrected chi connectivity index (χ4v) is 1.43. The Morgan fingerprint density at radius 2 is 2.31 bits per heavy atom. The van der Waals surface area contributed by atoms with E-state index in [9.17, 15) is 5.11 Å². The van der Waals surface area contributed by atoms with Gasteiger partial charge in [0.25, 0.3) is 0 Å². The first-order chi connectivity index (χ1) is 6.31. The number of aromatic hydroxyl groups is 1. The number of aromatic nitrogens is 1. The van der Waals surface area contributed by atoms with Gasteiger partial charge in [-0.1, -0.05) is 6.07 Å². The lowest BCUT2D eigenvalue weighted by Crippen LogP contribution is -1.85. The van der Waals surface area contributed by atoms with E-state index in [1.54, 1.807) is 13.2 Å². The zero-order chi connectivity index (χ0) is 9.26. The highest BCUT2D eigenvalue weighted by molar-refractivity contribution is 5.86. The van der Waals surface area contributed by atoms with E-state index in [-0.39, 0.29) is 0 Å². The number of benzene rings is 1. The highest BCUT2D eigenvalue weighted by atomic mass is 16.5. The van der Waals surface area contributed by atoms with Crippen molar-refractivity contribution < 1.29 is 9.84 Å². The van der Waals surface area contributed by atoms with Crippen LogP contribution in [-0.2, 0) is 11.3 Å². The Morgan fingerprint density at radius 1 is 1.46 bits per heavy atom. The molecule has 1 heterocycles. The van der Waals surface area contributed by atoms with Gasteiger partial charge in [-0.15, -0.1) is 0 Å². The number of H-pyrrole nitrogens is 1. The van der Waals surface area contributed by atoms with Crippen LogP contribution in [0.2, 0.25) is 0 Å². The molecular formula is C10H11NO2. The van der Waals surface area contributed by atoms with Crippen LogP contribution in [0.3, 0.4) is 0 Å². The Balaban J connectivity index is 2.55. The van der Waals surface area contributed by atoms with Crippen molar-refractivity contribution in [3.8, 4) is 5.75 Å². The van der Waals surface area contributed by atoms with Crippen LogP contribution in [0.5, 0.6) is 5.75 Å². The minimum Gasteiger partial charge on any atom is -0.507 e. The van der Waals surface area contributed by atoms with Crippen molar-refractivity contribution in [1.29, 1.82) is 0 Å². The van der Waals surface area contributed by atoms with Gasteiger partial charge in [0.05, 0.1) is 6.61 Å². The van der Waals surface area contributed by atoms with Crippen molar-refractivity contribution in [3.05, 3.63) is 30.0 Å². The van der Waals surface area contributed by atoms with Crippen LogP contribution in [0.15, 0.2) is 24.3 Å². The van der Waals surface area contributed by atoms with Crippen molar-refractivity contribution in [1.82, 2.24) is 4.98 Å². The fraction of sp³-hybridized carbons (Fsp3) is 0.200. The Kier molecular flexibility index (Phi) is 1.94. The molecular weight excluding hydrogens is 166 g/mol. The highest BCUT2D eigenvalue weighted by Crippen LogP contribution is 2.24. The van der Waals surface area contributed by atoms with Gasteiger partial charge in [0.15, 0.2) is 0 Å². The topological polar surface area (TPSA) is 45.2 Å².